The first-order valence-electron chi connectivity index (χ1n) is 5.58. The van der Waals surface area contributed by atoms with E-state index in [-0.39, 0.29) is 11.4 Å². The maximum absolute atomic E-state index is 11.3. The number of nitrogens with one attached hydrogen (secondary N) is 1. The molecule has 5 heteroatoms. The average Bonchev–Trinajstić information content (AvgIpc) is 2.24. The van der Waals surface area contributed by atoms with Crippen molar-refractivity contribution < 1.29 is 4.74 Å². The standard InChI is InChI=1S/C13H15N3O2/c1-7-5-11(8(2)4-10(7)14)18-13-6-12(17)15-9(3)16-13/h4-6H,14H2,1-3H3,(H,15,16,17). The van der Waals surface area contributed by atoms with Crippen LogP contribution in [0.2, 0.25) is 0 Å². The third kappa shape index (κ3) is 2.51. The number of nitrogens with two attached hydrogens (primary N) is 1. The Morgan fingerprint density at radius 2 is 1.89 bits per heavy atom. The number of benzene rings is 1. The monoisotopic (exact) mass is 245 g/mol. The highest BCUT2D eigenvalue weighted by Gasteiger charge is 2.06. The smallest absolute Gasteiger partial charge is 0.254 e. The molecule has 2 aromatic rings. The van der Waals surface area contributed by atoms with Gasteiger partial charge in [0.1, 0.15) is 11.6 Å². The van der Waals surface area contributed by atoms with Crippen molar-refractivity contribution in [2.45, 2.75) is 20.8 Å². The summed E-state index contributed by atoms with van der Waals surface area (Å²) in [5.41, 5.74) is 8.12. The number of aryl methyl sites for hydroxylation is 3. The number of nitrogens with zero attached hydrogens (tertiary/aromatic N) is 1. The average molecular weight is 245 g/mol. The molecular formula is C13H15N3O2. The van der Waals surface area contributed by atoms with E-state index in [9.17, 15) is 4.79 Å². The quantitative estimate of drug-likeness (QED) is 0.793. The number of anilines is 1. The Bertz CT molecular complexity index is 647. The highest BCUT2D eigenvalue weighted by Crippen LogP contribution is 2.27. The van der Waals surface area contributed by atoms with E-state index < -0.39 is 0 Å². The molecule has 5 nitrogen and oxygen atoms in total. The zero-order chi connectivity index (χ0) is 13.3. The second kappa shape index (κ2) is 4.52. The Morgan fingerprint density at radius 3 is 2.56 bits per heavy atom. The second-order valence-electron chi connectivity index (χ2n) is 4.25. The fourth-order valence-corrected chi connectivity index (χ4v) is 1.64. The summed E-state index contributed by atoms with van der Waals surface area (Å²) in [6, 6.07) is 4.99. The molecule has 0 aliphatic heterocycles. The van der Waals surface area contributed by atoms with Gasteiger partial charge in [0.25, 0.3) is 5.56 Å². The Kier molecular flexibility index (Phi) is 3.06. The van der Waals surface area contributed by atoms with Gasteiger partial charge in [0.05, 0.1) is 6.07 Å². The van der Waals surface area contributed by atoms with Gasteiger partial charge in [-0.05, 0) is 44.0 Å². The Labute approximate surface area is 105 Å². The molecule has 0 aliphatic carbocycles. The lowest BCUT2D eigenvalue weighted by molar-refractivity contribution is 0.455. The van der Waals surface area contributed by atoms with Gasteiger partial charge in [0.15, 0.2) is 0 Å². The van der Waals surface area contributed by atoms with Gasteiger partial charge >= 0.3 is 0 Å². The normalized spacial score (nSPS) is 10.4. The van der Waals surface area contributed by atoms with E-state index in [1.165, 1.54) is 6.07 Å². The molecule has 0 saturated heterocycles. The summed E-state index contributed by atoms with van der Waals surface area (Å²) in [5, 5.41) is 0. The van der Waals surface area contributed by atoms with Gasteiger partial charge in [0.2, 0.25) is 5.88 Å². The summed E-state index contributed by atoms with van der Waals surface area (Å²) in [4.78, 5) is 18.0. The van der Waals surface area contributed by atoms with Gasteiger partial charge in [0, 0.05) is 5.69 Å². The first-order valence-corrected chi connectivity index (χ1v) is 5.58. The summed E-state index contributed by atoms with van der Waals surface area (Å²) in [7, 11) is 0. The molecule has 0 fully saturated rings. The van der Waals surface area contributed by atoms with Crippen LogP contribution in [0.4, 0.5) is 5.69 Å². The largest absolute Gasteiger partial charge is 0.438 e. The number of nitrogen functional groups attached to an aromatic ring is 1. The number of H-pyrrole nitrogens is 1. The fraction of sp³-hybridized carbons (Fsp3) is 0.231. The molecule has 0 saturated carbocycles. The molecule has 3 N–H and O–H groups in total. The molecule has 0 bridgehead atoms. The Morgan fingerprint density at radius 1 is 1.17 bits per heavy atom. The van der Waals surface area contributed by atoms with Gasteiger partial charge in [-0.1, -0.05) is 0 Å². The predicted octanol–water partition coefficient (Wildman–Crippen LogP) is 2.07. The highest BCUT2D eigenvalue weighted by molar-refractivity contribution is 5.54. The van der Waals surface area contributed by atoms with Gasteiger partial charge in [-0.3, -0.25) is 4.79 Å². The SMILES string of the molecule is Cc1nc(Oc2cc(C)c(N)cc2C)cc(=O)[nH]1. The minimum Gasteiger partial charge on any atom is -0.438 e. The molecule has 0 unspecified atom stereocenters. The molecule has 1 aromatic heterocycles. The lowest BCUT2D eigenvalue weighted by Gasteiger charge is -2.10. The fourth-order valence-electron chi connectivity index (χ4n) is 1.64. The van der Waals surface area contributed by atoms with Crippen LogP contribution < -0.4 is 16.0 Å². The Hall–Kier alpha value is -2.30. The van der Waals surface area contributed by atoms with Crippen molar-refractivity contribution in [2.75, 3.05) is 5.73 Å². The van der Waals surface area contributed by atoms with Crippen LogP contribution in [-0.2, 0) is 0 Å². The number of aromatic nitrogens is 2. The number of aromatic amines is 1. The molecule has 0 spiro atoms. The maximum Gasteiger partial charge on any atom is 0.254 e. The van der Waals surface area contributed by atoms with Crippen LogP contribution in [0.1, 0.15) is 17.0 Å². The van der Waals surface area contributed by atoms with Crippen molar-refractivity contribution in [3.8, 4) is 11.6 Å². The number of rotatable bonds is 2. The molecule has 2 rings (SSSR count). The Balaban J connectivity index is 2.39. The first kappa shape index (κ1) is 12.2. The topological polar surface area (TPSA) is 81.0 Å². The third-order valence-electron chi connectivity index (χ3n) is 2.61. The van der Waals surface area contributed by atoms with E-state index in [1.807, 2.05) is 26.0 Å². The van der Waals surface area contributed by atoms with Crippen molar-refractivity contribution in [2.24, 2.45) is 0 Å². The summed E-state index contributed by atoms with van der Waals surface area (Å²) < 4.78 is 5.62. The van der Waals surface area contributed by atoms with Gasteiger partial charge < -0.3 is 15.5 Å². The molecule has 0 atom stereocenters. The van der Waals surface area contributed by atoms with E-state index in [4.69, 9.17) is 10.5 Å². The summed E-state index contributed by atoms with van der Waals surface area (Å²) in [5.74, 6) is 1.45. The molecule has 1 aromatic carbocycles. The molecule has 0 aliphatic rings. The first-order chi connectivity index (χ1) is 8.45. The molecule has 18 heavy (non-hydrogen) atoms. The van der Waals surface area contributed by atoms with Gasteiger partial charge in [-0.25, -0.2) is 4.98 Å². The molecular weight excluding hydrogens is 230 g/mol. The van der Waals surface area contributed by atoms with E-state index in [0.717, 1.165) is 16.8 Å². The van der Waals surface area contributed by atoms with Crippen LogP contribution in [0, 0.1) is 20.8 Å². The lowest BCUT2D eigenvalue weighted by Crippen LogP contribution is -2.08. The van der Waals surface area contributed by atoms with Crippen molar-refractivity contribution in [1.29, 1.82) is 0 Å². The molecule has 94 valence electrons. The van der Waals surface area contributed by atoms with E-state index in [1.54, 1.807) is 6.92 Å². The molecule has 1 heterocycles. The van der Waals surface area contributed by atoms with Crippen molar-refractivity contribution in [3.05, 3.63) is 45.5 Å². The number of ether oxygens (including phenoxy) is 1. The van der Waals surface area contributed by atoms with Crippen LogP contribution >= 0.6 is 0 Å². The summed E-state index contributed by atoms with van der Waals surface area (Å²) in [6.45, 7) is 5.50. The van der Waals surface area contributed by atoms with E-state index in [0.29, 0.717) is 11.6 Å². The summed E-state index contributed by atoms with van der Waals surface area (Å²) in [6.07, 6.45) is 0. The lowest BCUT2D eigenvalue weighted by atomic mass is 10.1. The minimum atomic E-state index is -0.234. The van der Waals surface area contributed by atoms with Crippen LogP contribution in [0.15, 0.2) is 23.0 Å². The van der Waals surface area contributed by atoms with Crippen LogP contribution in [0.3, 0.4) is 0 Å². The zero-order valence-electron chi connectivity index (χ0n) is 10.6. The van der Waals surface area contributed by atoms with Crippen LogP contribution in [0.25, 0.3) is 0 Å². The second-order valence-corrected chi connectivity index (χ2v) is 4.25. The van der Waals surface area contributed by atoms with E-state index in [2.05, 4.69) is 9.97 Å². The number of hydrogen-bond acceptors (Lipinski definition) is 4. The van der Waals surface area contributed by atoms with Crippen LogP contribution in [0.5, 0.6) is 11.6 Å². The number of hydrogen-bond donors (Lipinski definition) is 2. The molecule has 0 radical (unpaired) electrons. The summed E-state index contributed by atoms with van der Waals surface area (Å²) >= 11 is 0. The van der Waals surface area contributed by atoms with Gasteiger partial charge in [-0.15, -0.1) is 0 Å². The van der Waals surface area contributed by atoms with Crippen LogP contribution in [-0.4, -0.2) is 9.97 Å². The highest BCUT2D eigenvalue weighted by atomic mass is 16.5. The predicted molar refractivity (Wildman–Crippen MR) is 70.0 cm³/mol. The maximum atomic E-state index is 11.3. The van der Waals surface area contributed by atoms with Crippen molar-refractivity contribution in [3.63, 3.8) is 0 Å². The van der Waals surface area contributed by atoms with E-state index >= 15 is 0 Å². The zero-order valence-corrected chi connectivity index (χ0v) is 10.6. The molecule has 0 amide bonds. The minimum absolute atomic E-state index is 0.234. The van der Waals surface area contributed by atoms with Gasteiger partial charge in [-0.2, -0.15) is 0 Å². The van der Waals surface area contributed by atoms with Crippen molar-refractivity contribution >= 4 is 5.69 Å². The van der Waals surface area contributed by atoms with Crippen molar-refractivity contribution in [1.82, 2.24) is 9.97 Å². The third-order valence-corrected chi connectivity index (χ3v) is 2.61.